The number of fused-ring (bicyclic) bond motifs is 1. The highest BCUT2D eigenvalue weighted by Gasteiger charge is 2.41. The van der Waals surface area contributed by atoms with Gasteiger partial charge >= 0.3 is 0 Å². The maximum absolute atomic E-state index is 12.7. The molecule has 0 spiro atoms. The van der Waals surface area contributed by atoms with Crippen molar-refractivity contribution in [2.45, 2.75) is 20.3 Å². The number of benzene rings is 2. The van der Waals surface area contributed by atoms with Crippen LogP contribution >= 0.6 is 0 Å². The van der Waals surface area contributed by atoms with Gasteiger partial charge in [0.15, 0.2) is 11.6 Å². The summed E-state index contributed by atoms with van der Waals surface area (Å²) in [7, 11) is 0. The van der Waals surface area contributed by atoms with E-state index in [1.54, 1.807) is 24.3 Å². The van der Waals surface area contributed by atoms with E-state index in [1.165, 1.54) is 0 Å². The van der Waals surface area contributed by atoms with Gasteiger partial charge in [-0.1, -0.05) is 56.3 Å². The molecule has 122 valence electrons. The number of ketones is 2. The Bertz CT molecular complexity index is 759. The number of para-hydroxylation sites is 1. The fourth-order valence-electron chi connectivity index (χ4n) is 2.94. The highest BCUT2D eigenvalue weighted by atomic mass is 16.2. The Morgan fingerprint density at radius 3 is 2.04 bits per heavy atom. The van der Waals surface area contributed by atoms with E-state index in [0.29, 0.717) is 29.2 Å². The molecule has 3 rings (SSSR count). The third kappa shape index (κ3) is 3.13. The smallest absolute Gasteiger partial charge is 0.180 e. The summed E-state index contributed by atoms with van der Waals surface area (Å²) in [4.78, 5) is 25.4. The number of anilines is 1. The van der Waals surface area contributed by atoms with Crippen LogP contribution in [0, 0.1) is 11.8 Å². The molecular weight excluding hydrogens is 300 g/mol. The van der Waals surface area contributed by atoms with Crippen molar-refractivity contribution in [3.05, 3.63) is 65.7 Å². The summed E-state index contributed by atoms with van der Waals surface area (Å²) in [6.07, 6.45) is 0.593. The minimum atomic E-state index is -0.805. The number of nitrogens with one attached hydrogen (secondary N) is 1. The predicted molar refractivity (Wildman–Crippen MR) is 95.5 cm³/mol. The van der Waals surface area contributed by atoms with Gasteiger partial charge in [-0.3, -0.25) is 15.0 Å². The first-order valence-corrected chi connectivity index (χ1v) is 8.13. The van der Waals surface area contributed by atoms with Crippen molar-refractivity contribution in [2.75, 3.05) is 5.43 Å². The fraction of sp³-hybridized carbons (Fsp3) is 0.250. The van der Waals surface area contributed by atoms with Crippen LogP contribution in [-0.2, 0) is 0 Å². The lowest BCUT2D eigenvalue weighted by Crippen LogP contribution is -2.27. The van der Waals surface area contributed by atoms with Crippen LogP contribution < -0.4 is 5.43 Å². The van der Waals surface area contributed by atoms with E-state index in [4.69, 9.17) is 0 Å². The van der Waals surface area contributed by atoms with Crippen molar-refractivity contribution in [3.8, 4) is 0 Å². The number of hydrogen-bond acceptors (Lipinski definition) is 4. The van der Waals surface area contributed by atoms with E-state index in [2.05, 4.69) is 24.4 Å². The molecule has 0 radical (unpaired) electrons. The Balaban J connectivity index is 1.92. The summed E-state index contributed by atoms with van der Waals surface area (Å²) in [5.74, 6) is -0.804. The molecule has 1 aliphatic rings. The van der Waals surface area contributed by atoms with Crippen molar-refractivity contribution < 1.29 is 9.59 Å². The van der Waals surface area contributed by atoms with Crippen LogP contribution in [0.3, 0.4) is 0 Å². The number of hydrazone groups is 1. The molecule has 0 aliphatic heterocycles. The van der Waals surface area contributed by atoms with Crippen LogP contribution in [0.4, 0.5) is 5.69 Å². The number of Topliss-reactive ketones (excluding diaryl/α,β-unsaturated/α-hetero) is 2. The van der Waals surface area contributed by atoms with Gasteiger partial charge in [-0.05, 0) is 24.5 Å². The standard InChI is InChI=1S/C20H20N2O2/c1-13(2)12-17(22-21-14-8-4-3-5-9-14)18-19(23)15-10-6-7-11-16(15)20(18)24/h3-11,13,18,21H,12H2,1-2H3. The van der Waals surface area contributed by atoms with E-state index in [9.17, 15) is 9.59 Å². The van der Waals surface area contributed by atoms with Crippen LogP contribution in [0.1, 0.15) is 41.0 Å². The van der Waals surface area contributed by atoms with Gasteiger partial charge in [0.2, 0.25) is 0 Å². The van der Waals surface area contributed by atoms with Crippen molar-refractivity contribution in [1.82, 2.24) is 0 Å². The van der Waals surface area contributed by atoms with Gasteiger partial charge in [-0.2, -0.15) is 5.10 Å². The highest BCUT2D eigenvalue weighted by molar-refractivity contribution is 6.36. The molecule has 0 saturated heterocycles. The lowest BCUT2D eigenvalue weighted by atomic mass is 9.91. The molecule has 1 N–H and O–H groups in total. The third-order valence-electron chi connectivity index (χ3n) is 4.04. The number of rotatable bonds is 5. The Hall–Kier alpha value is -2.75. The first-order valence-electron chi connectivity index (χ1n) is 8.13. The van der Waals surface area contributed by atoms with Gasteiger partial charge in [-0.25, -0.2) is 0 Å². The molecular formula is C20H20N2O2. The normalized spacial score (nSPS) is 15.0. The zero-order chi connectivity index (χ0) is 17.1. The maximum atomic E-state index is 12.7. The van der Waals surface area contributed by atoms with Crippen LogP contribution in [0.2, 0.25) is 0 Å². The summed E-state index contributed by atoms with van der Waals surface area (Å²) in [5.41, 5.74) is 5.41. The molecule has 0 amide bonds. The van der Waals surface area contributed by atoms with Gasteiger partial charge < -0.3 is 0 Å². The summed E-state index contributed by atoms with van der Waals surface area (Å²) in [6.45, 7) is 4.10. The Labute approximate surface area is 141 Å². The zero-order valence-electron chi connectivity index (χ0n) is 13.8. The number of nitrogens with zero attached hydrogens (tertiary/aromatic N) is 1. The molecule has 0 unspecified atom stereocenters. The zero-order valence-corrected chi connectivity index (χ0v) is 13.8. The lowest BCUT2D eigenvalue weighted by molar-refractivity contribution is 0.0882. The van der Waals surface area contributed by atoms with Crippen molar-refractivity contribution in [2.24, 2.45) is 16.9 Å². The average molecular weight is 320 g/mol. The van der Waals surface area contributed by atoms with Crippen LogP contribution in [-0.4, -0.2) is 17.3 Å². The molecule has 0 aromatic heterocycles. The van der Waals surface area contributed by atoms with Gasteiger partial charge in [0.05, 0.1) is 11.4 Å². The highest BCUT2D eigenvalue weighted by Crippen LogP contribution is 2.29. The molecule has 0 saturated carbocycles. The van der Waals surface area contributed by atoms with Crippen molar-refractivity contribution in [1.29, 1.82) is 0 Å². The van der Waals surface area contributed by atoms with Gasteiger partial charge in [0.25, 0.3) is 0 Å². The van der Waals surface area contributed by atoms with E-state index in [0.717, 1.165) is 5.69 Å². The molecule has 2 aromatic rings. The molecule has 4 nitrogen and oxygen atoms in total. The monoisotopic (exact) mass is 320 g/mol. The van der Waals surface area contributed by atoms with E-state index in [1.807, 2.05) is 30.3 Å². The van der Waals surface area contributed by atoms with E-state index < -0.39 is 5.92 Å². The number of carbonyl (C=O) groups is 2. The largest absolute Gasteiger partial charge is 0.293 e. The molecule has 0 heterocycles. The minimum Gasteiger partial charge on any atom is -0.293 e. The first-order chi connectivity index (χ1) is 11.6. The van der Waals surface area contributed by atoms with Crippen LogP contribution in [0.5, 0.6) is 0 Å². The molecule has 0 atom stereocenters. The van der Waals surface area contributed by atoms with Crippen molar-refractivity contribution >= 4 is 23.0 Å². The molecule has 0 bridgehead atoms. The van der Waals surface area contributed by atoms with E-state index >= 15 is 0 Å². The van der Waals surface area contributed by atoms with Crippen LogP contribution in [0.15, 0.2) is 59.7 Å². The van der Waals surface area contributed by atoms with Gasteiger partial charge in [0.1, 0.15) is 5.92 Å². The molecule has 0 fully saturated rings. The summed E-state index contributed by atoms with van der Waals surface area (Å²) in [5, 5.41) is 4.42. The van der Waals surface area contributed by atoms with Gasteiger partial charge in [-0.15, -0.1) is 0 Å². The molecule has 2 aromatic carbocycles. The average Bonchev–Trinajstić information content (AvgIpc) is 2.84. The minimum absolute atomic E-state index is 0.148. The molecule has 1 aliphatic carbocycles. The second-order valence-electron chi connectivity index (χ2n) is 6.39. The lowest BCUT2D eigenvalue weighted by Gasteiger charge is -2.14. The topological polar surface area (TPSA) is 58.5 Å². The second-order valence-corrected chi connectivity index (χ2v) is 6.39. The quantitative estimate of drug-likeness (QED) is 0.510. The Kier molecular flexibility index (Phi) is 4.56. The predicted octanol–water partition coefficient (Wildman–Crippen LogP) is 4.20. The Morgan fingerprint density at radius 1 is 0.958 bits per heavy atom. The Morgan fingerprint density at radius 2 is 1.50 bits per heavy atom. The molecule has 24 heavy (non-hydrogen) atoms. The second kappa shape index (κ2) is 6.79. The summed E-state index contributed by atoms with van der Waals surface area (Å²) < 4.78 is 0. The van der Waals surface area contributed by atoms with Gasteiger partial charge in [0, 0.05) is 11.1 Å². The fourth-order valence-corrected chi connectivity index (χ4v) is 2.94. The summed E-state index contributed by atoms with van der Waals surface area (Å²) >= 11 is 0. The van der Waals surface area contributed by atoms with Crippen LogP contribution in [0.25, 0.3) is 0 Å². The van der Waals surface area contributed by atoms with E-state index in [-0.39, 0.29) is 11.6 Å². The molecule has 4 heteroatoms. The first kappa shape index (κ1) is 16.1. The summed E-state index contributed by atoms with van der Waals surface area (Å²) in [6, 6.07) is 16.5. The number of hydrogen-bond donors (Lipinski definition) is 1. The third-order valence-corrected chi connectivity index (χ3v) is 4.04. The maximum Gasteiger partial charge on any atom is 0.180 e. The number of carbonyl (C=O) groups excluding carboxylic acids is 2. The van der Waals surface area contributed by atoms with Crippen molar-refractivity contribution in [3.63, 3.8) is 0 Å². The SMILES string of the molecule is CC(C)CC(=NNc1ccccc1)C1C(=O)c2ccccc2C1=O.